The summed E-state index contributed by atoms with van der Waals surface area (Å²) in [5.74, 6) is 0.944. The summed E-state index contributed by atoms with van der Waals surface area (Å²) >= 11 is 0. The molecule has 0 aliphatic heterocycles. The maximum atomic E-state index is 5.22. The fourth-order valence-electron chi connectivity index (χ4n) is 2.58. The molecule has 1 aliphatic carbocycles. The average molecular weight is 397 g/mol. The molecular formula is C15H32IN3O. The first kappa shape index (κ1) is 20.0. The Morgan fingerprint density at radius 2 is 2.00 bits per heavy atom. The van der Waals surface area contributed by atoms with Crippen LogP contribution in [0.1, 0.15) is 51.9 Å². The molecule has 5 heteroatoms. The second-order valence-corrected chi connectivity index (χ2v) is 5.66. The summed E-state index contributed by atoms with van der Waals surface area (Å²) in [5.41, 5.74) is 0.442. The molecule has 0 unspecified atom stereocenters. The van der Waals surface area contributed by atoms with Crippen LogP contribution in [0.2, 0.25) is 0 Å². The normalized spacial score (nSPS) is 17.1. The molecule has 0 aromatic heterocycles. The van der Waals surface area contributed by atoms with Gasteiger partial charge in [0.05, 0.1) is 0 Å². The molecule has 0 bridgehead atoms. The van der Waals surface area contributed by atoms with Gasteiger partial charge in [0.25, 0.3) is 0 Å². The zero-order valence-electron chi connectivity index (χ0n) is 13.3. The van der Waals surface area contributed by atoms with E-state index >= 15 is 0 Å². The van der Waals surface area contributed by atoms with E-state index in [1.807, 2.05) is 7.05 Å². The van der Waals surface area contributed by atoms with Crippen molar-refractivity contribution < 1.29 is 4.74 Å². The number of hydrogen-bond acceptors (Lipinski definition) is 2. The van der Waals surface area contributed by atoms with Crippen molar-refractivity contribution in [1.82, 2.24) is 10.6 Å². The molecule has 4 nitrogen and oxygen atoms in total. The predicted molar refractivity (Wildman–Crippen MR) is 97.1 cm³/mol. The van der Waals surface area contributed by atoms with Gasteiger partial charge in [-0.25, -0.2) is 0 Å². The average Bonchev–Trinajstić information content (AvgIpc) is 2.39. The summed E-state index contributed by atoms with van der Waals surface area (Å²) in [5, 5.41) is 6.87. The van der Waals surface area contributed by atoms with E-state index < -0.39 is 0 Å². The number of nitrogens with one attached hydrogen (secondary N) is 2. The zero-order chi connectivity index (χ0) is 14.0. The van der Waals surface area contributed by atoms with Gasteiger partial charge < -0.3 is 15.4 Å². The van der Waals surface area contributed by atoms with Gasteiger partial charge in [-0.2, -0.15) is 0 Å². The fourth-order valence-corrected chi connectivity index (χ4v) is 2.58. The van der Waals surface area contributed by atoms with Gasteiger partial charge in [-0.15, -0.1) is 24.0 Å². The number of ether oxygens (including phenoxy) is 1. The first-order valence-electron chi connectivity index (χ1n) is 7.70. The number of halogens is 1. The van der Waals surface area contributed by atoms with E-state index in [1.54, 1.807) is 7.11 Å². The lowest BCUT2D eigenvalue weighted by Gasteiger charge is -2.42. The number of rotatable bonds is 9. The van der Waals surface area contributed by atoms with E-state index in [0.717, 1.165) is 32.1 Å². The maximum Gasteiger partial charge on any atom is 0.190 e. The van der Waals surface area contributed by atoms with Crippen LogP contribution in [-0.2, 0) is 4.74 Å². The first-order chi connectivity index (χ1) is 9.26. The number of guanidine groups is 1. The molecule has 0 amide bonds. The minimum Gasteiger partial charge on any atom is -0.385 e. The quantitative estimate of drug-likeness (QED) is 0.272. The summed E-state index contributed by atoms with van der Waals surface area (Å²) in [4.78, 5) is 4.29. The van der Waals surface area contributed by atoms with Crippen molar-refractivity contribution in [2.75, 3.05) is 33.9 Å². The van der Waals surface area contributed by atoms with E-state index in [1.165, 1.54) is 38.5 Å². The Balaban J connectivity index is 0.00000361. The molecule has 1 rings (SSSR count). The topological polar surface area (TPSA) is 45.7 Å². The molecule has 1 fully saturated rings. The van der Waals surface area contributed by atoms with Crippen LogP contribution < -0.4 is 10.6 Å². The van der Waals surface area contributed by atoms with Gasteiger partial charge in [0.1, 0.15) is 0 Å². The van der Waals surface area contributed by atoms with Gasteiger partial charge >= 0.3 is 0 Å². The van der Waals surface area contributed by atoms with Crippen LogP contribution >= 0.6 is 24.0 Å². The van der Waals surface area contributed by atoms with Gasteiger partial charge in [0, 0.05) is 33.9 Å². The Labute approximate surface area is 141 Å². The molecule has 0 aromatic carbocycles. The second-order valence-electron chi connectivity index (χ2n) is 5.66. The summed E-state index contributed by atoms with van der Waals surface area (Å²) in [7, 11) is 3.63. The van der Waals surface area contributed by atoms with E-state index in [-0.39, 0.29) is 24.0 Å². The van der Waals surface area contributed by atoms with Gasteiger partial charge in [-0.1, -0.05) is 26.2 Å². The minimum absolute atomic E-state index is 0. The number of nitrogens with zero attached hydrogens (tertiary/aromatic N) is 1. The molecule has 2 N–H and O–H groups in total. The molecule has 0 atom stereocenters. The van der Waals surface area contributed by atoms with E-state index in [2.05, 4.69) is 22.5 Å². The summed E-state index contributed by atoms with van der Waals surface area (Å²) in [6, 6.07) is 0. The molecule has 1 aliphatic rings. The van der Waals surface area contributed by atoms with E-state index in [4.69, 9.17) is 4.74 Å². The maximum absolute atomic E-state index is 5.22. The van der Waals surface area contributed by atoms with Crippen LogP contribution in [0.15, 0.2) is 4.99 Å². The van der Waals surface area contributed by atoms with Crippen molar-refractivity contribution in [3.8, 4) is 0 Å². The highest BCUT2D eigenvalue weighted by Crippen LogP contribution is 2.43. The number of aliphatic imine (C=N–C) groups is 1. The number of unbranched alkanes of at least 4 members (excludes halogenated alkanes) is 2. The molecule has 1 saturated carbocycles. The lowest BCUT2D eigenvalue weighted by molar-refractivity contribution is 0.0732. The third kappa shape index (κ3) is 7.11. The second kappa shape index (κ2) is 11.6. The molecule has 0 radical (unpaired) electrons. The molecule has 0 heterocycles. The third-order valence-corrected chi connectivity index (χ3v) is 4.18. The van der Waals surface area contributed by atoms with E-state index in [0.29, 0.717) is 5.41 Å². The predicted octanol–water partition coefficient (Wildman–Crippen LogP) is 3.17. The molecule has 0 aromatic rings. The first-order valence-corrected chi connectivity index (χ1v) is 7.70. The molecule has 0 spiro atoms. The monoisotopic (exact) mass is 397 g/mol. The Morgan fingerprint density at radius 1 is 1.25 bits per heavy atom. The molecular weight excluding hydrogens is 365 g/mol. The zero-order valence-corrected chi connectivity index (χ0v) is 15.7. The lowest BCUT2D eigenvalue weighted by Crippen LogP contribution is -2.47. The smallest absolute Gasteiger partial charge is 0.190 e. The van der Waals surface area contributed by atoms with Crippen molar-refractivity contribution in [3.63, 3.8) is 0 Å². The van der Waals surface area contributed by atoms with Crippen LogP contribution in [0.4, 0.5) is 0 Å². The summed E-state index contributed by atoms with van der Waals surface area (Å²) in [6.45, 7) is 5.12. The van der Waals surface area contributed by atoms with Crippen molar-refractivity contribution in [2.45, 2.75) is 51.9 Å². The van der Waals surface area contributed by atoms with Crippen LogP contribution in [0.25, 0.3) is 0 Å². The summed E-state index contributed by atoms with van der Waals surface area (Å²) in [6.07, 6.45) is 8.89. The van der Waals surface area contributed by atoms with Gasteiger partial charge in [0.15, 0.2) is 5.96 Å². The van der Waals surface area contributed by atoms with Gasteiger partial charge in [-0.05, 0) is 31.1 Å². The Bertz CT molecular complexity index is 268. The number of methoxy groups -OCH3 is 1. The van der Waals surface area contributed by atoms with Crippen molar-refractivity contribution in [1.29, 1.82) is 0 Å². The highest BCUT2D eigenvalue weighted by molar-refractivity contribution is 14.0. The largest absolute Gasteiger partial charge is 0.385 e. The van der Waals surface area contributed by atoms with Crippen LogP contribution in [0.5, 0.6) is 0 Å². The Morgan fingerprint density at radius 3 is 2.50 bits per heavy atom. The molecule has 120 valence electrons. The SMILES string of the molecule is CCCCCNC(=NC)NCC1(CCOC)CCC1.I. The van der Waals surface area contributed by atoms with Crippen molar-refractivity contribution in [2.24, 2.45) is 10.4 Å². The van der Waals surface area contributed by atoms with Gasteiger partial charge in [0.2, 0.25) is 0 Å². The van der Waals surface area contributed by atoms with Crippen LogP contribution in [-0.4, -0.2) is 39.8 Å². The highest BCUT2D eigenvalue weighted by Gasteiger charge is 2.36. The van der Waals surface area contributed by atoms with Crippen LogP contribution in [0.3, 0.4) is 0 Å². The molecule has 20 heavy (non-hydrogen) atoms. The highest BCUT2D eigenvalue weighted by atomic mass is 127. The Kier molecular flexibility index (Phi) is 11.6. The summed E-state index contributed by atoms with van der Waals surface area (Å²) < 4.78 is 5.22. The van der Waals surface area contributed by atoms with Crippen LogP contribution in [0, 0.1) is 5.41 Å². The standard InChI is InChI=1S/C15H31N3O.HI/c1-4-5-6-11-17-14(16-2)18-13-15(8-7-9-15)10-12-19-3;/h4-13H2,1-3H3,(H2,16,17,18);1H. The van der Waals surface area contributed by atoms with E-state index in [9.17, 15) is 0 Å². The third-order valence-electron chi connectivity index (χ3n) is 4.18. The Hall–Kier alpha value is -0.0400. The fraction of sp³-hybridized carbons (Fsp3) is 0.933. The molecule has 0 saturated heterocycles. The minimum atomic E-state index is 0. The van der Waals surface area contributed by atoms with Crippen molar-refractivity contribution >= 4 is 29.9 Å². The van der Waals surface area contributed by atoms with Crippen molar-refractivity contribution in [3.05, 3.63) is 0 Å². The number of hydrogen-bond donors (Lipinski definition) is 2. The lowest BCUT2D eigenvalue weighted by atomic mass is 9.67. The van der Waals surface area contributed by atoms with Gasteiger partial charge in [-0.3, -0.25) is 4.99 Å².